The minimum Gasteiger partial charge on any atom is -0.484 e. The lowest BCUT2D eigenvalue weighted by atomic mass is 9.89. The second-order valence-corrected chi connectivity index (χ2v) is 5.62. The van der Waals surface area contributed by atoms with Crippen molar-refractivity contribution in [1.82, 2.24) is 9.97 Å². The molecule has 2 aromatic rings. The summed E-state index contributed by atoms with van der Waals surface area (Å²) in [5, 5.41) is 0. The number of carbonyl (C=O) groups excluding carboxylic acids is 1. The van der Waals surface area contributed by atoms with Gasteiger partial charge in [0.1, 0.15) is 17.2 Å². The number of hydrogen-bond acceptors (Lipinski definition) is 5. The summed E-state index contributed by atoms with van der Waals surface area (Å²) < 4.78 is 6.19. The molecular weight excluding hydrogens is 266 g/mol. The topological polar surface area (TPSA) is 55.3 Å². The minimum atomic E-state index is -0.428. The average molecular weight is 281 g/mol. The highest BCUT2D eigenvalue weighted by Crippen LogP contribution is 2.39. The monoisotopic (exact) mass is 281 g/mol. The summed E-state index contributed by atoms with van der Waals surface area (Å²) in [6.07, 6.45) is 6.34. The van der Waals surface area contributed by atoms with E-state index in [0.29, 0.717) is 24.3 Å². The van der Waals surface area contributed by atoms with Crippen LogP contribution in [0.5, 0.6) is 5.75 Å². The molecule has 1 saturated heterocycles. The first kappa shape index (κ1) is 12.3. The second kappa shape index (κ2) is 4.55. The largest absolute Gasteiger partial charge is 0.484 e. The van der Waals surface area contributed by atoms with Crippen molar-refractivity contribution in [3.63, 3.8) is 0 Å². The molecule has 1 spiro atoms. The predicted octanol–water partition coefficient (Wildman–Crippen LogP) is 2.09. The molecule has 0 radical (unpaired) electrons. The number of nitrogens with zero attached hydrogens (tertiary/aromatic N) is 3. The van der Waals surface area contributed by atoms with Gasteiger partial charge in [0.15, 0.2) is 5.78 Å². The van der Waals surface area contributed by atoms with Gasteiger partial charge in [-0.2, -0.15) is 0 Å². The molecule has 106 valence electrons. The van der Waals surface area contributed by atoms with Crippen molar-refractivity contribution < 1.29 is 9.53 Å². The van der Waals surface area contributed by atoms with E-state index in [1.165, 1.54) is 0 Å². The standard InChI is InChI=1S/C16H15N3O2/c20-13-9-16(21-14-4-2-1-3-12(13)14)5-8-19(11-16)15-10-17-6-7-18-15/h1-4,6-7,10H,5,8-9,11H2. The Labute approximate surface area is 122 Å². The van der Waals surface area contributed by atoms with E-state index in [1.807, 2.05) is 24.3 Å². The Morgan fingerprint density at radius 3 is 3.00 bits per heavy atom. The van der Waals surface area contributed by atoms with E-state index in [0.717, 1.165) is 18.8 Å². The van der Waals surface area contributed by atoms with Crippen molar-refractivity contribution in [2.45, 2.75) is 18.4 Å². The first-order valence-electron chi connectivity index (χ1n) is 7.08. The fraction of sp³-hybridized carbons (Fsp3) is 0.312. The van der Waals surface area contributed by atoms with Gasteiger partial charge in [-0.25, -0.2) is 4.98 Å². The number of benzene rings is 1. The van der Waals surface area contributed by atoms with Gasteiger partial charge in [-0.05, 0) is 12.1 Å². The highest BCUT2D eigenvalue weighted by Gasteiger charge is 2.46. The van der Waals surface area contributed by atoms with Crippen molar-refractivity contribution in [3.05, 3.63) is 48.4 Å². The molecule has 1 aromatic heterocycles. The van der Waals surface area contributed by atoms with Gasteiger partial charge in [0.2, 0.25) is 0 Å². The highest BCUT2D eigenvalue weighted by atomic mass is 16.5. The van der Waals surface area contributed by atoms with E-state index in [2.05, 4.69) is 14.9 Å². The van der Waals surface area contributed by atoms with Crippen LogP contribution in [-0.4, -0.2) is 34.4 Å². The number of Topliss-reactive ketones (excluding diaryl/α,β-unsaturated/α-hetero) is 1. The van der Waals surface area contributed by atoms with Crippen molar-refractivity contribution in [2.75, 3.05) is 18.0 Å². The molecule has 4 rings (SSSR count). The Morgan fingerprint density at radius 2 is 2.14 bits per heavy atom. The Kier molecular flexibility index (Phi) is 2.67. The van der Waals surface area contributed by atoms with Crippen molar-refractivity contribution in [3.8, 4) is 5.75 Å². The zero-order valence-corrected chi connectivity index (χ0v) is 11.5. The van der Waals surface area contributed by atoms with Crippen LogP contribution < -0.4 is 9.64 Å². The fourth-order valence-electron chi connectivity index (χ4n) is 3.17. The third kappa shape index (κ3) is 2.05. The van der Waals surface area contributed by atoms with Crippen LogP contribution in [0.2, 0.25) is 0 Å². The van der Waals surface area contributed by atoms with E-state index < -0.39 is 5.60 Å². The Morgan fingerprint density at radius 1 is 1.24 bits per heavy atom. The van der Waals surface area contributed by atoms with Crippen molar-refractivity contribution in [1.29, 1.82) is 0 Å². The lowest BCUT2D eigenvalue weighted by molar-refractivity contribution is 0.0538. The molecule has 0 N–H and O–H groups in total. The number of fused-ring (bicyclic) bond motifs is 1. The molecule has 0 bridgehead atoms. The maximum Gasteiger partial charge on any atom is 0.170 e. The van der Waals surface area contributed by atoms with Crippen LogP contribution in [0.3, 0.4) is 0 Å². The van der Waals surface area contributed by atoms with Crippen LogP contribution >= 0.6 is 0 Å². The molecule has 0 aliphatic carbocycles. The Balaban J connectivity index is 1.62. The maximum atomic E-state index is 12.4. The average Bonchev–Trinajstić information content (AvgIpc) is 2.91. The smallest absolute Gasteiger partial charge is 0.170 e. The molecule has 1 fully saturated rings. The van der Waals surface area contributed by atoms with E-state index in [-0.39, 0.29) is 5.78 Å². The van der Waals surface area contributed by atoms with Crippen LogP contribution in [0.1, 0.15) is 23.2 Å². The molecular formula is C16H15N3O2. The van der Waals surface area contributed by atoms with Crippen LogP contribution in [0.4, 0.5) is 5.82 Å². The van der Waals surface area contributed by atoms with Gasteiger partial charge in [-0.3, -0.25) is 9.78 Å². The van der Waals surface area contributed by atoms with Crippen molar-refractivity contribution in [2.24, 2.45) is 0 Å². The molecule has 5 heteroatoms. The quantitative estimate of drug-likeness (QED) is 0.801. The van der Waals surface area contributed by atoms with Gasteiger partial charge in [0.05, 0.1) is 24.7 Å². The lowest BCUT2D eigenvalue weighted by Gasteiger charge is -2.34. The minimum absolute atomic E-state index is 0.165. The summed E-state index contributed by atoms with van der Waals surface area (Å²) in [7, 11) is 0. The number of para-hydroxylation sites is 1. The SMILES string of the molecule is O=C1CC2(CCN(c3cnccn3)C2)Oc2ccccc21. The molecule has 2 aliphatic rings. The number of aromatic nitrogens is 2. The Hall–Kier alpha value is -2.43. The fourth-order valence-corrected chi connectivity index (χ4v) is 3.17. The predicted molar refractivity (Wildman–Crippen MR) is 77.6 cm³/mol. The number of ether oxygens (including phenoxy) is 1. The molecule has 0 amide bonds. The summed E-state index contributed by atoms with van der Waals surface area (Å²) >= 11 is 0. The van der Waals surface area contributed by atoms with Crippen LogP contribution in [0, 0.1) is 0 Å². The van der Waals surface area contributed by atoms with Gasteiger partial charge in [0, 0.05) is 25.4 Å². The van der Waals surface area contributed by atoms with Gasteiger partial charge < -0.3 is 9.64 Å². The molecule has 5 nitrogen and oxygen atoms in total. The Bertz CT molecular complexity index is 689. The van der Waals surface area contributed by atoms with Gasteiger partial charge in [-0.1, -0.05) is 12.1 Å². The van der Waals surface area contributed by atoms with E-state index in [1.54, 1.807) is 18.6 Å². The highest BCUT2D eigenvalue weighted by molar-refractivity contribution is 6.00. The summed E-state index contributed by atoms with van der Waals surface area (Å²) in [5.41, 5.74) is 0.268. The van der Waals surface area contributed by atoms with Gasteiger partial charge in [0.25, 0.3) is 0 Å². The number of ketones is 1. The number of hydrogen-bond donors (Lipinski definition) is 0. The third-order valence-corrected chi connectivity index (χ3v) is 4.19. The molecule has 3 heterocycles. The zero-order chi connectivity index (χ0) is 14.3. The molecule has 1 aromatic carbocycles. The summed E-state index contributed by atoms with van der Waals surface area (Å²) in [6, 6.07) is 7.48. The van der Waals surface area contributed by atoms with Gasteiger partial charge in [-0.15, -0.1) is 0 Å². The zero-order valence-electron chi connectivity index (χ0n) is 11.5. The van der Waals surface area contributed by atoms with Crippen LogP contribution in [0.25, 0.3) is 0 Å². The number of rotatable bonds is 1. The summed E-state index contributed by atoms with van der Waals surface area (Å²) in [6.45, 7) is 1.50. The molecule has 1 atom stereocenters. The molecule has 21 heavy (non-hydrogen) atoms. The third-order valence-electron chi connectivity index (χ3n) is 4.19. The van der Waals surface area contributed by atoms with E-state index in [4.69, 9.17) is 4.74 Å². The summed E-state index contributed by atoms with van der Waals surface area (Å²) in [5.74, 6) is 1.71. The maximum absolute atomic E-state index is 12.4. The van der Waals surface area contributed by atoms with Gasteiger partial charge >= 0.3 is 0 Å². The van der Waals surface area contributed by atoms with Crippen LogP contribution in [0.15, 0.2) is 42.9 Å². The van der Waals surface area contributed by atoms with Crippen LogP contribution in [-0.2, 0) is 0 Å². The second-order valence-electron chi connectivity index (χ2n) is 5.62. The van der Waals surface area contributed by atoms with E-state index >= 15 is 0 Å². The molecule has 2 aliphatic heterocycles. The lowest BCUT2D eigenvalue weighted by Crippen LogP contribution is -2.44. The molecule has 0 saturated carbocycles. The summed E-state index contributed by atoms with van der Waals surface area (Å²) in [4.78, 5) is 22.9. The number of anilines is 1. The van der Waals surface area contributed by atoms with E-state index in [9.17, 15) is 4.79 Å². The van der Waals surface area contributed by atoms with Crippen molar-refractivity contribution >= 4 is 11.6 Å². The first-order chi connectivity index (χ1) is 10.3. The number of carbonyl (C=O) groups is 1. The first-order valence-corrected chi connectivity index (χ1v) is 7.08. The normalized spacial score (nSPS) is 24.0. The molecule has 1 unspecified atom stereocenters.